The third-order valence-corrected chi connectivity index (χ3v) is 4.76. The van der Waals surface area contributed by atoms with Crippen molar-refractivity contribution in [2.75, 3.05) is 19.6 Å². The van der Waals surface area contributed by atoms with E-state index in [-0.39, 0.29) is 0 Å². The molecule has 3 nitrogen and oxygen atoms in total. The lowest BCUT2D eigenvalue weighted by molar-refractivity contribution is -0.0659. The van der Waals surface area contributed by atoms with Gasteiger partial charge in [-0.1, -0.05) is 32.8 Å². The molecule has 1 aliphatic carbocycles. The van der Waals surface area contributed by atoms with Crippen LogP contribution in [0.4, 0.5) is 0 Å². The molecule has 3 heteroatoms. The second kappa shape index (κ2) is 7.90. The fraction of sp³-hybridized carbons (Fsp3) is 0.722. The Labute approximate surface area is 129 Å². The van der Waals surface area contributed by atoms with Gasteiger partial charge in [0.25, 0.3) is 0 Å². The van der Waals surface area contributed by atoms with Crippen molar-refractivity contribution >= 4 is 0 Å². The van der Waals surface area contributed by atoms with Gasteiger partial charge in [0.05, 0.1) is 5.60 Å². The Morgan fingerprint density at radius 2 is 2.05 bits per heavy atom. The van der Waals surface area contributed by atoms with E-state index < -0.39 is 5.60 Å². The maximum Gasteiger partial charge on any atom is 0.0951 e. The highest BCUT2D eigenvalue weighted by molar-refractivity contribution is 5.20. The van der Waals surface area contributed by atoms with Crippen molar-refractivity contribution in [1.82, 2.24) is 9.88 Å². The van der Waals surface area contributed by atoms with Crippen molar-refractivity contribution in [3.63, 3.8) is 0 Å². The first-order chi connectivity index (χ1) is 10.2. The van der Waals surface area contributed by atoms with Crippen LogP contribution < -0.4 is 0 Å². The Morgan fingerprint density at radius 1 is 1.29 bits per heavy atom. The van der Waals surface area contributed by atoms with Crippen LogP contribution in [-0.2, 0) is 5.60 Å². The molecule has 1 aromatic rings. The van der Waals surface area contributed by atoms with Crippen LogP contribution in [0.1, 0.15) is 57.9 Å². The molecule has 2 atom stereocenters. The lowest BCUT2D eigenvalue weighted by atomic mass is 9.71. The molecule has 1 aromatic heterocycles. The number of pyridine rings is 1. The van der Waals surface area contributed by atoms with E-state index >= 15 is 0 Å². The zero-order valence-electron chi connectivity index (χ0n) is 13.6. The molecule has 0 spiro atoms. The van der Waals surface area contributed by atoms with Crippen molar-refractivity contribution in [2.45, 2.75) is 58.0 Å². The summed E-state index contributed by atoms with van der Waals surface area (Å²) in [5.41, 5.74) is 0.314. The molecule has 1 aliphatic rings. The van der Waals surface area contributed by atoms with Crippen molar-refractivity contribution < 1.29 is 5.11 Å². The monoisotopic (exact) mass is 290 g/mol. The summed E-state index contributed by atoms with van der Waals surface area (Å²) < 4.78 is 0. The van der Waals surface area contributed by atoms with E-state index in [2.05, 4.69) is 23.7 Å². The van der Waals surface area contributed by atoms with E-state index in [9.17, 15) is 5.11 Å². The highest BCUT2D eigenvalue weighted by atomic mass is 16.3. The summed E-state index contributed by atoms with van der Waals surface area (Å²) in [5, 5.41) is 11.3. The van der Waals surface area contributed by atoms with Crippen molar-refractivity contribution in [3.8, 4) is 0 Å². The summed E-state index contributed by atoms with van der Waals surface area (Å²) in [4.78, 5) is 6.74. The molecule has 0 bridgehead atoms. The number of rotatable bonds is 7. The predicted octanol–water partition coefficient (Wildman–Crippen LogP) is 3.58. The molecule has 0 aromatic carbocycles. The van der Waals surface area contributed by atoms with E-state index in [1.807, 2.05) is 18.3 Å². The molecular weight excluding hydrogens is 260 g/mol. The predicted molar refractivity (Wildman–Crippen MR) is 87.1 cm³/mol. The van der Waals surface area contributed by atoms with E-state index in [1.165, 1.54) is 19.3 Å². The van der Waals surface area contributed by atoms with Gasteiger partial charge < -0.3 is 10.0 Å². The number of aliphatic hydroxyl groups is 1. The lowest BCUT2D eigenvalue weighted by Crippen LogP contribution is -2.45. The first-order valence-electron chi connectivity index (χ1n) is 8.56. The molecule has 0 aliphatic heterocycles. The van der Waals surface area contributed by atoms with Gasteiger partial charge in [-0.3, -0.25) is 4.98 Å². The fourth-order valence-electron chi connectivity index (χ4n) is 3.71. The van der Waals surface area contributed by atoms with Crippen LogP contribution in [0, 0.1) is 5.92 Å². The Kier molecular flexibility index (Phi) is 6.19. The molecule has 0 radical (unpaired) electrons. The average molecular weight is 290 g/mol. The minimum atomic E-state index is -0.688. The topological polar surface area (TPSA) is 36.4 Å². The Hall–Kier alpha value is -0.930. The van der Waals surface area contributed by atoms with Crippen LogP contribution >= 0.6 is 0 Å². The Morgan fingerprint density at radius 3 is 2.67 bits per heavy atom. The van der Waals surface area contributed by atoms with Gasteiger partial charge in [0.2, 0.25) is 0 Å². The molecule has 1 N–H and O–H groups in total. The third-order valence-electron chi connectivity index (χ3n) is 4.76. The maximum absolute atomic E-state index is 11.3. The van der Waals surface area contributed by atoms with Crippen LogP contribution in [0.5, 0.6) is 0 Å². The van der Waals surface area contributed by atoms with Gasteiger partial charge in [0.15, 0.2) is 0 Å². The van der Waals surface area contributed by atoms with E-state index in [1.54, 1.807) is 6.20 Å². The second-order valence-electron chi connectivity index (χ2n) is 6.41. The largest absolute Gasteiger partial charge is 0.385 e. The molecule has 2 unspecified atom stereocenters. The molecule has 1 fully saturated rings. The van der Waals surface area contributed by atoms with Crippen LogP contribution in [0.15, 0.2) is 24.5 Å². The molecule has 1 heterocycles. The first kappa shape index (κ1) is 16.4. The minimum Gasteiger partial charge on any atom is -0.385 e. The highest BCUT2D eigenvalue weighted by Gasteiger charge is 2.41. The van der Waals surface area contributed by atoms with Crippen molar-refractivity contribution in [2.24, 2.45) is 5.92 Å². The van der Waals surface area contributed by atoms with Gasteiger partial charge in [0, 0.05) is 30.4 Å². The zero-order chi connectivity index (χ0) is 15.1. The normalized spacial score (nSPS) is 26.2. The lowest BCUT2D eigenvalue weighted by Gasteiger charge is -2.42. The molecular formula is C18H30N2O. The van der Waals surface area contributed by atoms with Gasteiger partial charge in [-0.25, -0.2) is 0 Å². The summed E-state index contributed by atoms with van der Waals surface area (Å²) in [6, 6.07) is 3.98. The second-order valence-corrected chi connectivity index (χ2v) is 6.41. The average Bonchev–Trinajstić information content (AvgIpc) is 2.51. The first-order valence-corrected chi connectivity index (χ1v) is 8.56. The van der Waals surface area contributed by atoms with E-state index in [0.29, 0.717) is 5.92 Å². The summed E-state index contributed by atoms with van der Waals surface area (Å²) >= 11 is 0. The maximum atomic E-state index is 11.3. The standard InChI is InChI=1S/C18H30N2O/c1-3-12-20(13-4-2)15-17-8-5-6-10-18(17,21)16-9-7-11-19-14-16/h7,9,11,14,17,21H,3-6,8,10,12-13,15H2,1-2H3. The van der Waals surface area contributed by atoms with Gasteiger partial charge in [-0.15, -0.1) is 0 Å². The smallest absolute Gasteiger partial charge is 0.0951 e. The van der Waals surface area contributed by atoms with Gasteiger partial charge in [-0.2, -0.15) is 0 Å². The summed E-state index contributed by atoms with van der Waals surface area (Å²) in [7, 11) is 0. The SMILES string of the molecule is CCCN(CCC)CC1CCCCC1(O)c1cccnc1. The Bertz CT molecular complexity index is 403. The van der Waals surface area contributed by atoms with Crippen LogP contribution in [0.25, 0.3) is 0 Å². The summed E-state index contributed by atoms with van der Waals surface area (Å²) in [6.45, 7) is 7.74. The fourth-order valence-corrected chi connectivity index (χ4v) is 3.71. The van der Waals surface area contributed by atoms with Crippen LogP contribution in [0.2, 0.25) is 0 Å². The third kappa shape index (κ3) is 4.04. The number of nitrogens with zero attached hydrogens (tertiary/aromatic N) is 2. The number of hydrogen-bond donors (Lipinski definition) is 1. The highest BCUT2D eigenvalue weighted by Crippen LogP contribution is 2.41. The quantitative estimate of drug-likeness (QED) is 0.834. The Balaban J connectivity index is 2.14. The van der Waals surface area contributed by atoms with Gasteiger partial charge in [-0.05, 0) is 44.8 Å². The van der Waals surface area contributed by atoms with Crippen LogP contribution in [0.3, 0.4) is 0 Å². The van der Waals surface area contributed by atoms with Crippen molar-refractivity contribution in [3.05, 3.63) is 30.1 Å². The number of hydrogen-bond acceptors (Lipinski definition) is 3. The minimum absolute atomic E-state index is 0.327. The zero-order valence-corrected chi connectivity index (χ0v) is 13.6. The number of aromatic nitrogens is 1. The molecule has 0 amide bonds. The molecule has 0 saturated heterocycles. The van der Waals surface area contributed by atoms with Gasteiger partial charge in [0.1, 0.15) is 0 Å². The molecule has 2 rings (SSSR count). The molecule has 118 valence electrons. The van der Waals surface area contributed by atoms with Crippen LogP contribution in [-0.4, -0.2) is 34.6 Å². The van der Waals surface area contributed by atoms with Gasteiger partial charge >= 0.3 is 0 Å². The molecule has 1 saturated carbocycles. The molecule has 21 heavy (non-hydrogen) atoms. The summed E-state index contributed by atoms with van der Waals surface area (Å²) in [6.07, 6.45) is 10.3. The van der Waals surface area contributed by atoms with E-state index in [4.69, 9.17) is 0 Å². The summed E-state index contributed by atoms with van der Waals surface area (Å²) in [5.74, 6) is 0.327. The van der Waals surface area contributed by atoms with E-state index in [0.717, 1.165) is 44.5 Å². The van der Waals surface area contributed by atoms with Crippen molar-refractivity contribution in [1.29, 1.82) is 0 Å².